The first-order chi connectivity index (χ1) is 9.69. The largest absolute Gasteiger partial charge is 0.339 e. The summed E-state index contributed by atoms with van der Waals surface area (Å²) in [5.74, 6) is 0.189. The molecule has 3 nitrogen and oxygen atoms in total. The number of amides is 1. The Kier molecular flexibility index (Phi) is 5.28. The van der Waals surface area contributed by atoms with Crippen molar-refractivity contribution < 1.29 is 4.79 Å². The molecule has 4 heteroatoms. The molecule has 1 amide bonds. The van der Waals surface area contributed by atoms with Gasteiger partial charge in [0.25, 0.3) is 5.91 Å². The van der Waals surface area contributed by atoms with E-state index in [-0.39, 0.29) is 18.3 Å². The van der Waals surface area contributed by atoms with Crippen LogP contribution in [0.15, 0.2) is 24.3 Å². The highest BCUT2D eigenvalue weighted by atomic mass is 35.5. The van der Waals surface area contributed by atoms with Gasteiger partial charge in [-0.1, -0.05) is 25.1 Å². The number of benzene rings is 1. The molecule has 2 heterocycles. The van der Waals surface area contributed by atoms with E-state index >= 15 is 0 Å². The minimum Gasteiger partial charge on any atom is -0.339 e. The molecule has 2 aliphatic rings. The summed E-state index contributed by atoms with van der Waals surface area (Å²) >= 11 is 0. The van der Waals surface area contributed by atoms with Crippen molar-refractivity contribution in [3.63, 3.8) is 0 Å². The number of carbonyl (C=O) groups excluding carboxylic acids is 1. The summed E-state index contributed by atoms with van der Waals surface area (Å²) in [6.45, 7) is 2.11. The molecule has 3 rings (SSSR count). The van der Waals surface area contributed by atoms with E-state index in [0.29, 0.717) is 18.1 Å². The zero-order valence-electron chi connectivity index (χ0n) is 12.8. The third kappa shape index (κ3) is 3.24. The van der Waals surface area contributed by atoms with Gasteiger partial charge in [0.05, 0.1) is 0 Å². The number of nitrogens with one attached hydrogen (secondary N) is 1. The molecule has 1 N–H and O–H groups in total. The molecule has 2 fully saturated rings. The van der Waals surface area contributed by atoms with Gasteiger partial charge < -0.3 is 10.2 Å². The Balaban J connectivity index is 0.00000161. The maximum absolute atomic E-state index is 12.8. The zero-order chi connectivity index (χ0) is 14.1. The van der Waals surface area contributed by atoms with Crippen LogP contribution in [-0.2, 0) is 6.42 Å². The maximum atomic E-state index is 12.8. The molecule has 1 aromatic rings. The first-order valence-electron chi connectivity index (χ1n) is 7.80. The first kappa shape index (κ1) is 16.3. The van der Waals surface area contributed by atoms with Gasteiger partial charge in [0, 0.05) is 30.7 Å². The second-order valence-electron chi connectivity index (χ2n) is 6.19. The van der Waals surface area contributed by atoms with Gasteiger partial charge in [-0.05, 0) is 43.7 Å². The fourth-order valence-electron chi connectivity index (χ4n) is 3.74. The molecule has 2 atom stereocenters. The summed E-state index contributed by atoms with van der Waals surface area (Å²) in [6, 6.07) is 9.64. The molecule has 0 saturated carbocycles. The van der Waals surface area contributed by atoms with E-state index in [1.165, 1.54) is 12.8 Å². The quantitative estimate of drug-likeness (QED) is 0.931. The van der Waals surface area contributed by atoms with Crippen LogP contribution in [0.5, 0.6) is 0 Å². The molecule has 116 valence electrons. The van der Waals surface area contributed by atoms with E-state index in [1.807, 2.05) is 30.1 Å². The monoisotopic (exact) mass is 308 g/mol. The molecular weight excluding hydrogens is 284 g/mol. The molecule has 0 aliphatic carbocycles. The normalized spacial score (nSPS) is 27.0. The average molecular weight is 309 g/mol. The number of aryl methyl sites for hydroxylation is 1. The van der Waals surface area contributed by atoms with E-state index in [0.717, 1.165) is 30.4 Å². The SMILES string of the molecule is CCc1ccccc1C(=O)N(C)C1CC2CCC(C1)N2.Cl. The van der Waals surface area contributed by atoms with Crippen LogP contribution in [0.3, 0.4) is 0 Å². The second kappa shape index (κ2) is 6.80. The van der Waals surface area contributed by atoms with Crippen molar-refractivity contribution in [3.05, 3.63) is 35.4 Å². The van der Waals surface area contributed by atoms with E-state index in [9.17, 15) is 4.79 Å². The Morgan fingerprint density at radius 1 is 1.24 bits per heavy atom. The number of rotatable bonds is 3. The van der Waals surface area contributed by atoms with Crippen LogP contribution in [0.25, 0.3) is 0 Å². The first-order valence-corrected chi connectivity index (χ1v) is 7.80. The van der Waals surface area contributed by atoms with Crippen LogP contribution in [0, 0.1) is 0 Å². The molecule has 0 radical (unpaired) electrons. The van der Waals surface area contributed by atoms with Gasteiger partial charge >= 0.3 is 0 Å². The van der Waals surface area contributed by atoms with Gasteiger partial charge in [-0.25, -0.2) is 0 Å². The summed E-state index contributed by atoms with van der Waals surface area (Å²) in [6.07, 6.45) is 5.66. The lowest BCUT2D eigenvalue weighted by molar-refractivity contribution is 0.0680. The maximum Gasteiger partial charge on any atom is 0.254 e. The Morgan fingerprint density at radius 2 is 1.86 bits per heavy atom. The molecule has 21 heavy (non-hydrogen) atoms. The topological polar surface area (TPSA) is 32.3 Å². The molecular formula is C17H25ClN2O. The molecule has 2 bridgehead atoms. The number of carbonyl (C=O) groups is 1. The fourth-order valence-corrected chi connectivity index (χ4v) is 3.74. The van der Waals surface area contributed by atoms with Gasteiger partial charge in [-0.2, -0.15) is 0 Å². The summed E-state index contributed by atoms with van der Waals surface area (Å²) in [5, 5.41) is 3.64. The van der Waals surface area contributed by atoms with Crippen LogP contribution < -0.4 is 5.32 Å². The highest BCUT2D eigenvalue weighted by Crippen LogP contribution is 2.30. The predicted octanol–water partition coefficient (Wildman–Crippen LogP) is 3.03. The van der Waals surface area contributed by atoms with Crippen molar-refractivity contribution in [2.45, 2.75) is 57.2 Å². The Morgan fingerprint density at radius 3 is 2.48 bits per heavy atom. The van der Waals surface area contributed by atoms with Crippen LogP contribution in [0.1, 0.15) is 48.5 Å². The van der Waals surface area contributed by atoms with Gasteiger partial charge in [-0.3, -0.25) is 4.79 Å². The van der Waals surface area contributed by atoms with Crippen LogP contribution >= 0.6 is 12.4 Å². The van der Waals surface area contributed by atoms with Crippen LogP contribution in [0.2, 0.25) is 0 Å². The second-order valence-corrected chi connectivity index (χ2v) is 6.19. The van der Waals surface area contributed by atoms with Crippen molar-refractivity contribution in [1.82, 2.24) is 10.2 Å². The van der Waals surface area contributed by atoms with E-state index < -0.39 is 0 Å². The van der Waals surface area contributed by atoms with Crippen LogP contribution in [-0.4, -0.2) is 36.0 Å². The molecule has 2 aliphatic heterocycles. The zero-order valence-corrected chi connectivity index (χ0v) is 13.7. The van der Waals surface area contributed by atoms with Crippen molar-refractivity contribution in [3.8, 4) is 0 Å². The van der Waals surface area contributed by atoms with Crippen molar-refractivity contribution in [2.24, 2.45) is 0 Å². The van der Waals surface area contributed by atoms with Crippen LogP contribution in [0.4, 0.5) is 0 Å². The van der Waals surface area contributed by atoms with E-state index in [1.54, 1.807) is 0 Å². The third-order valence-corrected chi connectivity index (χ3v) is 4.94. The smallest absolute Gasteiger partial charge is 0.254 e. The lowest BCUT2D eigenvalue weighted by Crippen LogP contribution is -2.48. The number of nitrogens with zero attached hydrogens (tertiary/aromatic N) is 1. The lowest BCUT2D eigenvalue weighted by atomic mass is 9.97. The van der Waals surface area contributed by atoms with Crippen molar-refractivity contribution in [2.75, 3.05) is 7.05 Å². The average Bonchev–Trinajstić information content (AvgIpc) is 2.84. The van der Waals surface area contributed by atoms with Crippen molar-refractivity contribution >= 4 is 18.3 Å². The number of fused-ring (bicyclic) bond motifs is 2. The van der Waals surface area contributed by atoms with E-state index in [4.69, 9.17) is 0 Å². The molecule has 0 spiro atoms. The molecule has 2 saturated heterocycles. The molecule has 1 aromatic carbocycles. The number of hydrogen-bond acceptors (Lipinski definition) is 2. The standard InChI is InChI=1S/C17H24N2O.ClH/c1-3-12-6-4-5-7-16(12)17(20)19(2)15-10-13-8-9-14(11-15)18-13;/h4-7,13-15,18H,3,8-11H2,1-2H3;1H. The minimum absolute atomic E-state index is 0. The Labute approximate surface area is 133 Å². The van der Waals surface area contributed by atoms with E-state index in [2.05, 4.69) is 18.3 Å². The predicted molar refractivity (Wildman–Crippen MR) is 88.1 cm³/mol. The summed E-state index contributed by atoms with van der Waals surface area (Å²) in [5.41, 5.74) is 2.03. The minimum atomic E-state index is 0. The number of hydrogen-bond donors (Lipinski definition) is 1. The summed E-state index contributed by atoms with van der Waals surface area (Å²) in [4.78, 5) is 14.7. The number of piperidine rings is 1. The summed E-state index contributed by atoms with van der Waals surface area (Å²) in [7, 11) is 1.98. The summed E-state index contributed by atoms with van der Waals surface area (Å²) < 4.78 is 0. The fraction of sp³-hybridized carbons (Fsp3) is 0.588. The molecule has 0 aromatic heterocycles. The molecule has 2 unspecified atom stereocenters. The Bertz CT molecular complexity index is 493. The van der Waals surface area contributed by atoms with Gasteiger partial charge in [0.2, 0.25) is 0 Å². The number of halogens is 1. The highest BCUT2D eigenvalue weighted by molar-refractivity contribution is 5.95. The van der Waals surface area contributed by atoms with Gasteiger partial charge in [-0.15, -0.1) is 12.4 Å². The van der Waals surface area contributed by atoms with Gasteiger partial charge in [0.15, 0.2) is 0 Å². The lowest BCUT2D eigenvalue weighted by Gasteiger charge is -2.35. The highest BCUT2D eigenvalue weighted by Gasteiger charge is 2.36. The van der Waals surface area contributed by atoms with Crippen molar-refractivity contribution in [1.29, 1.82) is 0 Å². The Hall–Kier alpha value is -1.06. The third-order valence-electron chi connectivity index (χ3n) is 4.94. The van der Waals surface area contributed by atoms with Gasteiger partial charge in [0.1, 0.15) is 0 Å².